The summed E-state index contributed by atoms with van der Waals surface area (Å²) >= 11 is 3.49. The molecule has 0 saturated heterocycles. The predicted octanol–water partition coefficient (Wildman–Crippen LogP) is 2.83. The lowest BCUT2D eigenvalue weighted by Gasteiger charge is -2.28. The number of nitrogens with zero attached hydrogens (tertiary/aromatic N) is 1. The van der Waals surface area contributed by atoms with Crippen molar-refractivity contribution in [1.29, 1.82) is 0 Å². The molecule has 1 N–H and O–H groups in total. The number of aliphatic hydroxyl groups is 1. The zero-order valence-electron chi connectivity index (χ0n) is 12.4. The van der Waals surface area contributed by atoms with Gasteiger partial charge in [-0.1, -0.05) is 28.9 Å². The van der Waals surface area contributed by atoms with Crippen LogP contribution in [-0.4, -0.2) is 41.8 Å². The summed E-state index contributed by atoms with van der Waals surface area (Å²) in [5.41, 5.74) is 0.867. The number of hydrogen-bond acceptors (Lipinski definition) is 4. The number of likely N-dealkylation sites (N-methyl/N-ethyl adjacent to an activating group) is 1. The van der Waals surface area contributed by atoms with Gasteiger partial charge in [-0.15, -0.1) is 0 Å². The third-order valence-electron chi connectivity index (χ3n) is 2.93. The van der Waals surface area contributed by atoms with E-state index in [1.165, 1.54) is 7.11 Å². The van der Waals surface area contributed by atoms with Gasteiger partial charge >= 0.3 is 5.97 Å². The number of carbonyl (C=O) groups is 1. The fourth-order valence-electron chi connectivity index (χ4n) is 1.99. The van der Waals surface area contributed by atoms with E-state index in [1.807, 2.05) is 6.07 Å². The number of rotatable bonds is 6. The summed E-state index contributed by atoms with van der Waals surface area (Å²) in [4.78, 5) is 13.6. The van der Waals surface area contributed by atoms with Gasteiger partial charge in [0, 0.05) is 17.6 Å². The van der Waals surface area contributed by atoms with Crippen molar-refractivity contribution in [3.05, 3.63) is 33.8 Å². The molecule has 20 heavy (non-hydrogen) atoms. The van der Waals surface area contributed by atoms with Crippen LogP contribution in [0.1, 0.15) is 36.7 Å². The SMILES string of the molecule is CCN(Cc1ccc(C(=O)OC)cc1Br)CC(C)(C)O. The van der Waals surface area contributed by atoms with Gasteiger partial charge in [-0.3, -0.25) is 4.90 Å². The molecular weight excluding hydrogens is 322 g/mol. The first kappa shape index (κ1) is 17.1. The van der Waals surface area contributed by atoms with Crippen LogP contribution >= 0.6 is 15.9 Å². The summed E-state index contributed by atoms with van der Waals surface area (Å²) in [6, 6.07) is 5.42. The smallest absolute Gasteiger partial charge is 0.337 e. The van der Waals surface area contributed by atoms with Crippen molar-refractivity contribution >= 4 is 21.9 Å². The molecule has 0 aliphatic rings. The summed E-state index contributed by atoms with van der Waals surface area (Å²) in [6.07, 6.45) is 0. The Labute approximate surface area is 128 Å². The number of esters is 1. The van der Waals surface area contributed by atoms with Gasteiger partial charge in [-0.25, -0.2) is 4.79 Å². The van der Waals surface area contributed by atoms with Crippen LogP contribution in [0.4, 0.5) is 0 Å². The molecule has 0 radical (unpaired) electrons. The Morgan fingerprint density at radius 1 is 1.45 bits per heavy atom. The van der Waals surface area contributed by atoms with Crippen LogP contribution in [0, 0.1) is 0 Å². The largest absolute Gasteiger partial charge is 0.465 e. The number of carbonyl (C=O) groups excluding carboxylic acids is 1. The van der Waals surface area contributed by atoms with Crippen LogP contribution in [0.15, 0.2) is 22.7 Å². The number of ether oxygens (including phenoxy) is 1. The van der Waals surface area contributed by atoms with Gasteiger partial charge in [0.15, 0.2) is 0 Å². The second-order valence-electron chi connectivity index (χ2n) is 5.41. The van der Waals surface area contributed by atoms with Crippen LogP contribution in [0.2, 0.25) is 0 Å². The lowest BCUT2D eigenvalue weighted by atomic mass is 10.1. The summed E-state index contributed by atoms with van der Waals surface area (Å²) in [5, 5.41) is 9.90. The first-order valence-corrected chi connectivity index (χ1v) is 7.37. The van der Waals surface area contributed by atoms with Crippen LogP contribution < -0.4 is 0 Å². The average molecular weight is 344 g/mol. The summed E-state index contributed by atoms with van der Waals surface area (Å²) < 4.78 is 5.57. The van der Waals surface area contributed by atoms with Gasteiger partial charge in [0.1, 0.15) is 0 Å². The van der Waals surface area contributed by atoms with Crippen LogP contribution in [-0.2, 0) is 11.3 Å². The van der Waals surface area contributed by atoms with Gasteiger partial charge in [0.2, 0.25) is 0 Å². The minimum Gasteiger partial charge on any atom is -0.465 e. The van der Waals surface area contributed by atoms with Gasteiger partial charge in [0.05, 0.1) is 18.3 Å². The molecule has 0 fully saturated rings. The van der Waals surface area contributed by atoms with Crippen molar-refractivity contribution in [1.82, 2.24) is 4.90 Å². The molecular formula is C15H22BrNO3. The Hall–Kier alpha value is -0.910. The summed E-state index contributed by atoms with van der Waals surface area (Å²) in [7, 11) is 1.37. The molecule has 0 saturated carbocycles. The van der Waals surface area contributed by atoms with Gasteiger partial charge in [-0.05, 0) is 38.1 Å². The van der Waals surface area contributed by atoms with Crippen molar-refractivity contribution in [3.63, 3.8) is 0 Å². The van der Waals surface area contributed by atoms with E-state index in [2.05, 4.69) is 27.8 Å². The number of methoxy groups -OCH3 is 1. The van der Waals surface area contributed by atoms with Crippen molar-refractivity contribution in [2.75, 3.05) is 20.2 Å². The molecule has 0 heterocycles. The maximum absolute atomic E-state index is 11.5. The molecule has 0 aromatic heterocycles. The predicted molar refractivity (Wildman–Crippen MR) is 82.7 cm³/mol. The maximum atomic E-state index is 11.5. The highest BCUT2D eigenvalue weighted by Crippen LogP contribution is 2.21. The molecule has 112 valence electrons. The highest BCUT2D eigenvalue weighted by molar-refractivity contribution is 9.10. The summed E-state index contributed by atoms with van der Waals surface area (Å²) in [6.45, 7) is 7.80. The normalized spacial score (nSPS) is 11.8. The third kappa shape index (κ3) is 5.23. The van der Waals surface area contributed by atoms with Crippen LogP contribution in [0.5, 0.6) is 0 Å². The van der Waals surface area contributed by atoms with Crippen molar-refractivity contribution in [2.24, 2.45) is 0 Å². The fourth-order valence-corrected chi connectivity index (χ4v) is 2.49. The maximum Gasteiger partial charge on any atom is 0.337 e. The number of halogens is 1. The zero-order valence-corrected chi connectivity index (χ0v) is 14.0. The van der Waals surface area contributed by atoms with Crippen molar-refractivity contribution in [2.45, 2.75) is 32.9 Å². The Bertz CT molecular complexity index is 469. The third-order valence-corrected chi connectivity index (χ3v) is 3.66. The molecule has 4 nitrogen and oxygen atoms in total. The standard InChI is InChI=1S/C15H22BrNO3/c1-5-17(10-15(2,3)19)9-12-7-6-11(8-13(12)16)14(18)20-4/h6-8,19H,5,9-10H2,1-4H3. The van der Waals surface area contributed by atoms with Gasteiger partial charge < -0.3 is 9.84 Å². The number of hydrogen-bond donors (Lipinski definition) is 1. The van der Waals surface area contributed by atoms with E-state index in [0.717, 1.165) is 16.6 Å². The minimum absolute atomic E-state index is 0.346. The Morgan fingerprint density at radius 3 is 2.55 bits per heavy atom. The summed E-state index contributed by atoms with van der Waals surface area (Å²) in [5.74, 6) is -0.346. The van der Waals surface area contributed by atoms with Crippen molar-refractivity contribution < 1.29 is 14.6 Å². The molecule has 0 unspecified atom stereocenters. The van der Waals surface area contributed by atoms with E-state index in [-0.39, 0.29) is 5.97 Å². The van der Waals surface area contributed by atoms with Gasteiger partial charge in [-0.2, -0.15) is 0 Å². The first-order chi connectivity index (χ1) is 9.26. The molecule has 0 aliphatic heterocycles. The molecule has 1 aromatic rings. The van der Waals surface area contributed by atoms with E-state index in [9.17, 15) is 9.90 Å². The minimum atomic E-state index is -0.728. The van der Waals surface area contributed by atoms with E-state index in [0.29, 0.717) is 18.7 Å². The fraction of sp³-hybridized carbons (Fsp3) is 0.533. The second-order valence-corrected chi connectivity index (χ2v) is 6.27. The molecule has 0 atom stereocenters. The van der Waals surface area contributed by atoms with Crippen LogP contribution in [0.3, 0.4) is 0 Å². The molecule has 0 aliphatic carbocycles. The highest BCUT2D eigenvalue weighted by Gasteiger charge is 2.18. The molecule has 5 heteroatoms. The van der Waals surface area contributed by atoms with E-state index in [1.54, 1.807) is 26.0 Å². The van der Waals surface area contributed by atoms with Crippen molar-refractivity contribution in [3.8, 4) is 0 Å². The molecule has 0 bridgehead atoms. The van der Waals surface area contributed by atoms with Gasteiger partial charge in [0.25, 0.3) is 0 Å². The second kappa shape index (κ2) is 7.20. The van der Waals surface area contributed by atoms with E-state index in [4.69, 9.17) is 4.74 Å². The average Bonchev–Trinajstić information content (AvgIpc) is 2.37. The molecule has 1 aromatic carbocycles. The lowest BCUT2D eigenvalue weighted by molar-refractivity contribution is 0.0353. The Morgan fingerprint density at radius 2 is 2.10 bits per heavy atom. The quantitative estimate of drug-likeness (QED) is 0.807. The Balaban J connectivity index is 2.84. The molecule has 0 amide bonds. The van der Waals surface area contributed by atoms with E-state index < -0.39 is 5.60 Å². The van der Waals surface area contributed by atoms with E-state index >= 15 is 0 Å². The monoisotopic (exact) mass is 343 g/mol. The highest BCUT2D eigenvalue weighted by atomic mass is 79.9. The number of benzene rings is 1. The lowest BCUT2D eigenvalue weighted by Crippen LogP contribution is -2.38. The molecule has 1 rings (SSSR count). The van der Waals surface area contributed by atoms with Crippen LogP contribution in [0.25, 0.3) is 0 Å². The first-order valence-electron chi connectivity index (χ1n) is 6.58. The Kier molecular flexibility index (Phi) is 6.17. The molecule has 0 spiro atoms. The zero-order chi connectivity index (χ0) is 15.3. The topological polar surface area (TPSA) is 49.8 Å².